The van der Waals surface area contributed by atoms with Crippen molar-refractivity contribution in [1.82, 2.24) is 9.88 Å². The number of aliphatic hydroxyl groups excluding tert-OH is 1. The molecule has 2 N–H and O–H groups in total. The Morgan fingerprint density at radius 2 is 2.24 bits per heavy atom. The molecular weight excluding hydrogens is 284 g/mol. The molecule has 0 radical (unpaired) electrons. The number of rotatable bonds is 5. The first-order valence-electron chi connectivity index (χ1n) is 7.29. The first kappa shape index (κ1) is 14.5. The Morgan fingerprint density at radius 1 is 1.43 bits per heavy atom. The van der Waals surface area contributed by atoms with Gasteiger partial charge in [-0.1, -0.05) is 18.2 Å². The van der Waals surface area contributed by atoms with Crippen LogP contribution in [0.1, 0.15) is 12.0 Å². The lowest BCUT2D eigenvalue weighted by molar-refractivity contribution is -0.130. The summed E-state index contributed by atoms with van der Waals surface area (Å²) < 4.78 is 0. The van der Waals surface area contributed by atoms with Gasteiger partial charge in [-0.2, -0.15) is 12.6 Å². The molecule has 1 saturated heterocycles. The molecule has 2 heterocycles. The summed E-state index contributed by atoms with van der Waals surface area (Å²) in [6.07, 6.45) is 3.20. The van der Waals surface area contributed by atoms with Crippen molar-refractivity contribution in [3.63, 3.8) is 0 Å². The summed E-state index contributed by atoms with van der Waals surface area (Å²) in [4.78, 5) is 17.2. The zero-order valence-corrected chi connectivity index (χ0v) is 12.7. The van der Waals surface area contributed by atoms with Crippen molar-refractivity contribution >= 4 is 29.4 Å². The molecule has 3 rings (SSSR count). The maximum atomic E-state index is 12.1. The monoisotopic (exact) mass is 304 g/mol. The van der Waals surface area contributed by atoms with Crippen LogP contribution in [0.3, 0.4) is 0 Å². The number of aromatic nitrogens is 1. The van der Waals surface area contributed by atoms with E-state index in [2.05, 4.69) is 23.7 Å². The van der Waals surface area contributed by atoms with Gasteiger partial charge in [0.25, 0.3) is 0 Å². The lowest BCUT2D eigenvalue weighted by Gasteiger charge is -2.26. The minimum absolute atomic E-state index is 0.00939. The first-order chi connectivity index (χ1) is 10.2. The van der Waals surface area contributed by atoms with E-state index in [1.54, 1.807) is 0 Å². The topological polar surface area (TPSA) is 56.3 Å². The van der Waals surface area contributed by atoms with Gasteiger partial charge in [0.05, 0.1) is 12.6 Å². The maximum Gasteiger partial charge on any atom is 0.223 e. The fraction of sp³-hybridized carbons (Fsp3) is 0.438. The van der Waals surface area contributed by atoms with Gasteiger partial charge in [-0.05, 0) is 29.7 Å². The smallest absolute Gasteiger partial charge is 0.223 e. The average Bonchev–Trinajstić information content (AvgIpc) is 3.08. The molecule has 0 bridgehead atoms. The predicted molar refractivity (Wildman–Crippen MR) is 86.5 cm³/mol. The summed E-state index contributed by atoms with van der Waals surface area (Å²) >= 11 is 4.29. The summed E-state index contributed by atoms with van der Waals surface area (Å²) in [6, 6.07) is 7.95. The van der Waals surface area contributed by atoms with Crippen LogP contribution in [0.4, 0.5) is 0 Å². The largest absolute Gasteiger partial charge is 0.394 e. The fourth-order valence-electron chi connectivity index (χ4n) is 3.11. The van der Waals surface area contributed by atoms with Gasteiger partial charge >= 0.3 is 0 Å². The van der Waals surface area contributed by atoms with Crippen molar-refractivity contribution in [2.75, 3.05) is 18.9 Å². The number of H-pyrrole nitrogens is 1. The molecule has 112 valence electrons. The van der Waals surface area contributed by atoms with Crippen molar-refractivity contribution in [1.29, 1.82) is 0 Å². The number of para-hydroxylation sites is 1. The van der Waals surface area contributed by atoms with Gasteiger partial charge < -0.3 is 15.0 Å². The first-order valence-corrected chi connectivity index (χ1v) is 7.92. The number of benzene rings is 1. The lowest BCUT2D eigenvalue weighted by Crippen LogP contribution is -2.40. The molecular formula is C16H20N2O2S. The van der Waals surface area contributed by atoms with Gasteiger partial charge in [0.2, 0.25) is 5.91 Å². The number of fused-ring (bicyclic) bond motifs is 1. The van der Waals surface area contributed by atoms with Crippen LogP contribution in [0.5, 0.6) is 0 Å². The summed E-state index contributed by atoms with van der Waals surface area (Å²) in [5.74, 6) is 1.15. The third-order valence-corrected chi connectivity index (χ3v) is 4.80. The molecule has 0 saturated carbocycles. The normalized spacial score (nSPS) is 20.4. The van der Waals surface area contributed by atoms with Crippen LogP contribution in [0.25, 0.3) is 10.9 Å². The number of likely N-dealkylation sites (tertiary alicyclic amines) is 1. The van der Waals surface area contributed by atoms with Gasteiger partial charge in [-0.15, -0.1) is 0 Å². The number of nitrogens with zero attached hydrogens (tertiary/aromatic N) is 1. The van der Waals surface area contributed by atoms with Crippen molar-refractivity contribution in [3.05, 3.63) is 36.0 Å². The van der Waals surface area contributed by atoms with Crippen LogP contribution in [-0.4, -0.2) is 45.8 Å². The third kappa shape index (κ3) is 2.80. The molecule has 1 amide bonds. The van der Waals surface area contributed by atoms with E-state index in [1.807, 2.05) is 29.3 Å². The number of carbonyl (C=O) groups excluding carboxylic acids is 1. The molecule has 1 aliphatic heterocycles. The number of hydrogen-bond donors (Lipinski definition) is 3. The Labute approximate surface area is 129 Å². The molecule has 0 spiro atoms. The number of carbonyl (C=O) groups is 1. The van der Waals surface area contributed by atoms with Gasteiger partial charge in [-0.3, -0.25) is 4.79 Å². The highest BCUT2D eigenvalue weighted by molar-refractivity contribution is 7.80. The van der Waals surface area contributed by atoms with Gasteiger partial charge in [0.1, 0.15) is 0 Å². The molecule has 2 unspecified atom stereocenters. The van der Waals surface area contributed by atoms with E-state index < -0.39 is 0 Å². The summed E-state index contributed by atoms with van der Waals surface area (Å²) in [7, 11) is 0. The summed E-state index contributed by atoms with van der Waals surface area (Å²) in [6.45, 7) is 0.695. The maximum absolute atomic E-state index is 12.1. The minimum atomic E-state index is -0.151. The Kier molecular flexibility index (Phi) is 4.22. The number of aromatic amines is 1. The van der Waals surface area contributed by atoms with Crippen LogP contribution in [0.15, 0.2) is 30.5 Å². The zero-order valence-electron chi connectivity index (χ0n) is 11.8. The molecule has 1 aliphatic rings. The molecule has 1 aromatic carbocycles. The third-order valence-electron chi connectivity index (χ3n) is 4.28. The molecule has 5 heteroatoms. The SMILES string of the molecule is O=C1CC(CS)CN1C(CO)Cc1c[nH]c2ccccc12. The standard InChI is InChI=1S/C16H20N2O2S/c19-9-13(18-8-11(10-21)5-16(18)20)6-12-7-17-15-4-2-1-3-14(12)15/h1-4,7,11,13,17,19,21H,5-6,8-10H2. The van der Waals surface area contributed by atoms with Crippen LogP contribution < -0.4 is 0 Å². The second kappa shape index (κ2) is 6.12. The second-order valence-corrected chi connectivity index (χ2v) is 6.06. The van der Waals surface area contributed by atoms with Gasteiger partial charge in [0.15, 0.2) is 0 Å². The minimum Gasteiger partial charge on any atom is -0.394 e. The second-order valence-electron chi connectivity index (χ2n) is 5.70. The van der Waals surface area contributed by atoms with E-state index in [4.69, 9.17) is 0 Å². The Bertz CT molecular complexity index is 640. The zero-order chi connectivity index (χ0) is 14.8. The predicted octanol–water partition coefficient (Wildman–Crippen LogP) is 1.85. The quantitative estimate of drug-likeness (QED) is 0.738. The van der Waals surface area contributed by atoms with Gasteiger partial charge in [0, 0.05) is 30.1 Å². The molecule has 2 atom stereocenters. The highest BCUT2D eigenvalue weighted by atomic mass is 32.1. The highest BCUT2D eigenvalue weighted by Crippen LogP contribution is 2.25. The summed E-state index contributed by atoms with van der Waals surface area (Å²) in [5, 5.41) is 10.9. The van der Waals surface area contributed by atoms with Crippen molar-refractivity contribution < 1.29 is 9.90 Å². The lowest BCUT2D eigenvalue weighted by atomic mass is 10.0. The van der Waals surface area contributed by atoms with Gasteiger partial charge in [-0.25, -0.2) is 0 Å². The number of thiol groups is 1. The molecule has 2 aromatic rings. The van der Waals surface area contributed by atoms with E-state index >= 15 is 0 Å². The average molecular weight is 304 g/mol. The molecule has 21 heavy (non-hydrogen) atoms. The molecule has 1 fully saturated rings. The molecule has 4 nitrogen and oxygen atoms in total. The molecule has 1 aromatic heterocycles. The Morgan fingerprint density at radius 3 is 2.95 bits per heavy atom. The van der Waals surface area contributed by atoms with E-state index in [1.165, 1.54) is 0 Å². The van der Waals surface area contributed by atoms with Crippen LogP contribution in [0, 0.1) is 5.92 Å². The van der Waals surface area contributed by atoms with E-state index in [9.17, 15) is 9.90 Å². The summed E-state index contributed by atoms with van der Waals surface area (Å²) in [5.41, 5.74) is 2.23. The van der Waals surface area contributed by atoms with Crippen LogP contribution in [-0.2, 0) is 11.2 Å². The fourth-order valence-corrected chi connectivity index (χ4v) is 3.36. The highest BCUT2D eigenvalue weighted by Gasteiger charge is 2.33. The number of aliphatic hydroxyl groups is 1. The Hall–Kier alpha value is -1.46. The van der Waals surface area contributed by atoms with Crippen molar-refractivity contribution in [3.8, 4) is 0 Å². The molecule has 0 aliphatic carbocycles. The van der Waals surface area contributed by atoms with Crippen molar-refractivity contribution in [2.45, 2.75) is 18.9 Å². The van der Waals surface area contributed by atoms with Crippen LogP contribution >= 0.6 is 12.6 Å². The van der Waals surface area contributed by atoms with E-state index in [0.717, 1.165) is 16.5 Å². The number of hydrogen-bond acceptors (Lipinski definition) is 3. The number of nitrogens with one attached hydrogen (secondary N) is 1. The van der Waals surface area contributed by atoms with E-state index in [0.29, 0.717) is 31.1 Å². The number of amides is 1. The Balaban J connectivity index is 1.80. The van der Waals surface area contributed by atoms with E-state index in [-0.39, 0.29) is 18.6 Å². The van der Waals surface area contributed by atoms with Crippen molar-refractivity contribution in [2.24, 2.45) is 5.92 Å². The van der Waals surface area contributed by atoms with Crippen LogP contribution in [0.2, 0.25) is 0 Å².